The maximum absolute atomic E-state index is 11.7. The van der Waals surface area contributed by atoms with Crippen LogP contribution >= 0.6 is 0 Å². The molecule has 73 heavy (non-hydrogen) atoms. The first-order chi connectivity index (χ1) is 34.6. The Bertz CT molecular complexity index is 1860. The Morgan fingerprint density at radius 3 is 1.77 bits per heavy atom. The zero-order valence-electron chi connectivity index (χ0n) is 42.6. The van der Waals surface area contributed by atoms with Gasteiger partial charge in [0, 0.05) is 12.3 Å². The van der Waals surface area contributed by atoms with Gasteiger partial charge in [0.2, 0.25) is 0 Å². The Kier molecular flexibility index (Phi) is 16.2. The summed E-state index contributed by atoms with van der Waals surface area (Å²) in [6.07, 6.45) is -23.0. The van der Waals surface area contributed by atoms with Crippen LogP contribution in [0.5, 0.6) is 0 Å². The van der Waals surface area contributed by atoms with E-state index in [9.17, 15) is 61.3 Å². The fourth-order valence-corrected chi connectivity index (χ4v) is 16.0. The molecule has 0 bridgehead atoms. The van der Waals surface area contributed by atoms with E-state index in [1.54, 1.807) is 0 Å². The van der Waals surface area contributed by atoms with Crippen LogP contribution in [0, 0.1) is 52.3 Å². The molecule has 6 aliphatic heterocycles. The summed E-state index contributed by atoms with van der Waals surface area (Å²) in [5, 5.41) is 129. The molecular weight excluding hydrogens is 965 g/mol. The third-order valence-corrected chi connectivity index (χ3v) is 20.3. The first-order valence-corrected chi connectivity index (χ1v) is 27.2. The Labute approximate surface area is 426 Å². The molecule has 1 spiro atoms. The maximum Gasteiger partial charge on any atom is 0.187 e. The third kappa shape index (κ3) is 9.60. The van der Waals surface area contributed by atoms with Crippen LogP contribution in [0.2, 0.25) is 0 Å². The highest BCUT2D eigenvalue weighted by Gasteiger charge is 2.69. The number of ether oxygens (including phenoxy) is 10. The summed E-state index contributed by atoms with van der Waals surface area (Å²) in [7, 11) is 0. The van der Waals surface area contributed by atoms with Crippen molar-refractivity contribution < 1.29 is 109 Å². The van der Waals surface area contributed by atoms with Crippen LogP contribution in [0.4, 0.5) is 0 Å². The molecule has 32 atom stereocenters. The molecule has 22 nitrogen and oxygen atoms in total. The highest BCUT2D eigenvalue weighted by atomic mass is 16.8. The molecule has 10 aliphatic rings. The van der Waals surface area contributed by atoms with Crippen molar-refractivity contribution in [3.8, 4) is 0 Å². The lowest BCUT2D eigenvalue weighted by Crippen LogP contribution is -2.67. The van der Waals surface area contributed by atoms with Gasteiger partial charge in [0.1, 0.15) is 91.6 Å². The molecule has 22 heteroatoms. The lowest BCUT2D eigenvalue weighted by Gasteiger charge is -2.61. The fourth-order valence-electron chi connectivity index (χ4n) is 16.0. The maximum atomic E-state index is 11.7. The first-order valence-electron chi connectivity index (χ1n) is 27.2. The molecule has 10 fully saturated rings. The van der Waals surface area contributed by atoms with Crippen LogP contribution < -0.4 is 0 Å². The van der Waals surface area contributed by atoms with E-state index in [2.05, 4.69) is 27.7 Å². The van der Waals surface area contributed by atoms with E-state index >= 15 is 0 Å². The van der Waals surface area contributed by atoms with Gasteiger partial charge in [-0.25, -0.2) is 0 Å². The van der Waals surface area contributed by atoms with Crippen LogP contribution in [0.25, 0.3) is 0 Å². The molecule has 4 aliphatic carbocycles. The summed E-state index contributed by atoms with van der Waals surface area (Å²) in [5.74, 6) is 3.13. The zero-order valence-corrected chi connectivity index (χ0v) is 42.6. The first kappa shape index (κ1) is 55.4. The lowest BCUT2D eigenvalue weighted by atomic mass is 9.44. The SMILES string of the molecule is CC1CCC2(OC1)OC1CC3C4CCC5CC(OC6OC(CO)C(OC7OC(COC8OC(C)C(O)C(O)C8O)C(OC8OC(CO)C(O)C(O)C8O)C(O)C7O)C(O)C6O)CCC5(C)C4CCC3(C)C1C2C. The lowest BCUT2D eigenvalue weighted by molar-refractivity contribution is -0.386. The normalized spacial score (nSPS) is 58.2. The number of hydrogen-bond acceptors (Lipinski definition) is 22. The van der Waals surface area contributed by atoms with Gasteiger partial charge < -0.3 is 109 Å². The molecule has 0 aromatic rings. The summed E-state index contributed by atoms with van der Waals surface area (Å²) in [6, 6.07) is 0. The second kappa shape index (κ2) is 21.3. The van der Waals surface area contributed by atoms with E-state index in [1.165, 1.54) is 19.8 Å². The third-order valence-electron chi connectivity index (χ3n) is 20.3. The number of aliphatic hydroxyl groups excluding tert-OH is 12. The molecule has 12 N–H and O–H groups in total. The van der Waals surface area contributed by atoms with E-state index in [4.69, 9.17) is 47.4 Å². The Hall–Kier alpha value is -0.880. The summed E-state index contributed by atoms with van der Waals surface area (Å²) >= 11 is 0. The van der Waals surface area contributed by atoms with E-state index < -0.39 is 148 Å². The predicted molar refractivity (Wildman–Crippen MR) is 247 cm³/mol. The highest BCUT2D eigenvalue weighted by molar-refractivity contribution is 5.15. The van der Waals surface area contributed by atoms with Crippen molar-refractivity contribution >= 4 is 0 Å². The van der Waals surface area contributed by atoms with Gasteiger partial charge in [-0.15, -0.1) is 0 Å². The molecule has 6 heterocycles. The van der Waals surface area contributed by atoms with Gasteiger partial charge in [0.05, 0.1) is 44.7 Å². The molecule has 6 saturated heterocycles. The second-order valence-corrected chi connectivity index (χ2v) is 24.4. The second-order valence-electron chi connectivity index (χ2n) is 24.4. The largest absolute Gasteiger partial charge is 0.394 e. The van der Waals surface area contributed by atoms with Gasteiger partial charge in [0.15, 0.2) is 30.9 Å². The minimum Gasteiger partial charge on any atom is -0.394 e. The van der Waals surface area contributed by atoms with Crippen molar-refractivity contribution in [1.29, 1.82) is 0 Å². The minimum absolute atomic E-state index is 0.106. The van der Waals surface area contributed by atoms with Gasteiger partial charge in [-0.1, -0.05) is 27.7 Å². The Morgan fingerprint density at radius 1 is 0.521 bits per heavy atom. The van der Waals surface area contributed by atoms with Gasteiger partial charge >= 0.3 is 0 Å². The van der Waals surface area contributed by atoms with Gasteiger partial charge in [-0.05, 0) is 111 Å². The number of aliphatic hydroxyl groups is 12. The van der Waals surface area contributed by atoms with Crippen molar-refractivity contribution in [1.82, 2.24) is 0 Å². The standard InChI is InChI=1S/C51H84O22/c1-20-8-13-51(65-18-20)21(2)32-28(73-51)15-27-25-7-6-23-14-24(9-11-49(23,4)26(25)10-12-50(27,32)5)67-46-41(62)37(58)43(30(17-53)69-46)71-48-42(63)38(59)44(72-47-40(61)36(57)34(55)29(16-52)68-47)31(70-48)19-64-45-39(60)35(56)33(54)22(3)66-45/h20-48,52-63H,6-19H2,1-5H3. The van der Waals surface area contributed by atoms with Crippen LogP contribution in [0.15, 0.2) is 0 Å². The molecule has 0 amide bonds. The molecule has 420 valence electrons. The quantitative estimate of drug-likeness (QED) is 0.101. The monoisotopic (exact) mass is 1050 g/mol. The Balaban J connectivity index is 0.777. The van der Waals surface area contributed by atoms with Gasteiger partial charge in [-0.2, -0.15) is 0 Å². The van der Waals surface area contributed by atoms with Crippen molar-refractivity contribution in [3.63, 3.8) is 0 Å². The smallest absolute Gasteiger partial charge is 0.187 e. The molecule has 10 rings (SSSR count). The number of rotatable bonds is 11. The highest BCUT2D eigenvalue weighted by Crippen LogP contribution is 2.71. The van der Waals surface area contributed by atoms with Crippen LogP contribution in [0.1, 0.15) is 98.8 Å². The molecule has 0 aromatic heterocycles. The van der Waals surface area contributed by atoms with Crippen LogP contribution in [0.3, 0.4) is 0 Å². The average Bonchev–Trinajstić information content (AvgIpc) is 3.82. The van der Waals surface area contributed by atoms with Crippen molar-refractivity contribution in [2.75, 3.05) is 26.4 Å². The molecule has 4 saturated carbocycles. The van der Waals surface area contributed by atoms with Crippen LogP contribution in [-0.2, 0) is 47.4 Å². The Morgan fingerprint density at radius 2 is 1.11 bits per heavy atom. The summed E-state index contributed by atoms with van der Waals surface area (Å²) < 4.78 is 60.9. The van der Waals surface area contributed by atoms with Gasteiger partial charge in [-0.3, -0.25) is 0 Å². The van der Waals surface area contributed by atoms with E-state index in [0.717, 1.165) is 51.6 Å². The fraction of sp³-hybridized carbons (Fsp3) is 1.00. The van der Waals surface area contributed by atoms with E-state index in [0.29, 0.717) is 47.8 Å². The van der Waals surface area contributed by atoms with Crippen molar-refractivity contribution in [2.24, 2.45) is 52.3 Å². The molecular formula is C51H84O22. The average molecular weight is 1050 g/mol. The topological polar surface area (TPSA) is 335 Å². The van der Waals surface area contributed by atoms with Crippen molar-refractivity contribution in [2.45, 2.75) is 240 Å². The summed E-state index contributed by atoms with van der Waals surface area (Å²) in [4.78, 5) is 0. The number of hydrogen-bond donors (Lipinski definition) is 12. The predicted octanol–water partition coefficient (Wildman–Crippen LogP) is -1.88. The van der Waals surface area contributed by atoms with Crippen molar-refractivity contribution in [3.05, 3.63) is 0 Å². The zero-order chi connectivity index (χ0) is 52.2. The molecule has 0 radical (unpaired) electrons. The minimum atomic E-state index is -2.01. The van der Waals surface area contributed by atoms with Gasteiger partial charge in [0.25, 0.3) is 0 Å². The molecule has 0 aromatic carbocycles. The summed E-state index contributed by atoms with van der Waals surface area (Å²) in [6.45, 7) is 9.65. The molecule has 32 unspecified atom stereocenters. The van der Waals surface area contributed by atoms with Crippen LogP contribution in [-0.4, -0.2) is 229 Å². The van der Waals surface area contributed by atoms with E-state index in [-0.39, 0.29) is 23.0 Å². The van der Waals surface area contributed by atoms with E-state index in [1.807, 2.05) is 0 Å². The number of fused-ring (bicyclic) bond motifs is 7. The summed E-state index contributed by atoms with van der Waals surface area (Å²) in [5.41, 5.74) is 0.315.